The standard InChI is InChI=1S/C13H23N3O3/c1-10(2)9-16(6-4-5-14)13(19)15-8-11(3)7-12(17)18/h10-11H,4,6-9H2,1-3H3,(H,15,19)(H,17,18). The Morgan fingerprint density at radius 3 is 2.47 bits per heavy atom. The van der Waals surface area contributed by atoms with Crippen molar-refractivity contribution >= 4 is 12.0 Å². The number of carboxylic acids is 1. The minimum Gasteiger partial charge on any atom is -0.481 e. The molecule has 6 nitrogen and oxygen atoms in total. The highest BCUT2D eigenvalue weighted by molar-refractivity contribution is 5.74. The third-order valence-corrected chi connectivity index (χ3v) is 2.49. The van der Waals surface area contributed by atoms with Crippen LogP contribution in [0, 0.1) is 23.2 Å². The molecule has 2 N–H and O–H groups in total. The van der Waals surface area contributed by atoms with Crippen LogP contribution in [0.15, 0.2) is 0 Å². The quantitative estimate of drug-likeness (QED) is 0.701. The second-order valence-corrected chi connectivity index (χ2v) is 5.14. The first-order chi connectivity index (χ1) is 8.86. The molecule has 0 fully saturated rings. The summed E-state index contributed by atoms with van der Waals surface area (Å²) < 4.78 is 0. The van der Waals surface area contributed by atoms with Gasteiger partial charge in [0.15, 0.2) is 0 Å². The molecule has 0 saturated heterocycles. The van der Waals surface area contributed by atoms with Crippen molar-refractivity contribution in [2.45, 2.75) is 33.6 Å². The molecular weight excluding hydrogens is 246 g/mol. The Labute approximate surface area is 114 Å². The van der Waals surface area contributed by atoms with E-state index in [-0.39, 0.29) is 18.4 Å². The van der Waals surface area contributed by atoms with Crippen molar-refractivity contribution in [3.63, 3.8) is 0 Å². The molecule has 0 radical (unpaired) electrons. The van der Waals surface area contributed by atoms with Crippen LogP contribution in [-0.2, 0) is 4.79 Å². The molecule has 0 aromatic heterocycles. The SMILES string of the molecule is CC(C)CN(CCC#N)C(=O)NCC(C)CC(=O)O. The lowest BCUT2D eigenvalue weighted by Gasteiger charge is -2.24. The summed E-state index contributed by atoms with van der Waals surface area (Å²) in [6.07, 6.45) is 0.327. The molecule has 19 heavy (non-hydrogen) atoms. The smallest absolute Gasteiger partial charge is 0.317 e. The van der Waals surface area contributed by atoms with E-state index >= 15 is 0 Å². The number of nitrogens with one attached hydrogen (secondary N) is 1. The lowest BCUT2D eigenvalue weighted by Crippen LogP contribution is -2.43. The average Bonchev–Trinajstić information content (AvgIpc) is 2.30. The number of carbonyl (C=O) groups excluding carboxylic acids is 1. The van der Waals surface area contributed by atoms with Gasteiger partial charge in [-0.05, 0) is 11.8 Å². The molecule has 0 rings (SSSR count). The molecule has 108 valence electrons. The summed E-state index contributed by atoms with van der Waals surface area (Å²) in [6, 6.07) is 1.78. The number of nitriles is 1. The van der Waals surface area contributed by atoms with Gasteiger partial charge in [-0.3, -0.25) is 4.79 Å². The van der Waals surface area contributed by atoms with E-state index in [9.17, 15) is 9.59 Å². The summed E-state index contributed by atoms with van der Waals surface area (Å²) in [5, 5.41) is 19.9. The van der Waals surface area contributed by atoms with Crippen molar-refractivity contribution in [2.24, 2.45) is 11.8 Å². The lowest BCUT2D eigenvalue weighted by molar-refractivity contribution is -0.137. The lowest BCUT2D eigenvalue weighted by atomic mass is 10.1. The van der Waals surface area contributed by atoms with Crippen LogP contribution in [-0.4, -0.2) is 41.6 Å². The second kappa shape index (κ2) is 9.20. The molecule has 0 heterocycles. The first-order valence-electron chi connectivity index (χ1n) is 6.48. The number of rotatable bonds is 8. The van der Waals surface area contributed by atoms with Crippen molar-refractivity contribution in [1.82, 2.24) is 10.2 Å². The Balaban J connectivity index is 4.23. The van der Waals surface area contributed by atoms with Crippen LogP contribution in [0.3, 0.4) is 0 Å². The zero-order chi connectivity index (χ0) is 14.8. The van der Waals surface area contributed by atoms with Gasteiger partial charge in [0.2, 0.25) is 0 Å². The largest absolute Gasteiger partial charge is 0.481 e. The highest BCUT2D eigenvalue weighted by atomic mass is 16.4. The number of amides is 2. The minimum atomic E-state index is -0.870. The Bertz CT molecular complexity index is 337. The number of aliphatic carboxylic acids is 1. The van der Waals surface area contributed by atoms with Crippen LogP contribution >= 0.6 is 0 Å². The molecule has 0 aromatic rings. The molecule has 0 aliphatic rings. The van der Waals surface area contributed by atoms with Crippen molar-refractivity contribution in [2.75, 3.05) is 19.6 Å². The maximum absolute atomic E-state index is 11.9. The van der Waals surface area contributed by atoms with Gasteiger partial charge in [-0.2, -0.15) is 5.26 Å². The van der Waals surface area contributed by atoms with E-state index in [1.807, 2.05) is 19.9 Å². The summed E-state index contributed by atoms with van der Waals surface area (Å²) in [4.78, 5) is 24.0. The first kappa shape index (κ1) is 17.2. The van der Waals surface area contributed by atoms with E-state index < -0.39 is 5.97 Å². The zero-order valence-electron chi connectivity index (χ0n) is 11.8. The summed E-state index contributed by atoms with van der Waals surface area (Å²) in [5.74, 6) is -0.663. The van der Waals surface area contributed by atoms with Gasteiger partial charge >= 0.3 is 12.0 Å². The fourth-order valence-corrected chi connectivity index (χ4v) is 1.65. The molecule has 1 unspecified atom stereocenters. The molecule has 0 aliphatic heterocycles. The zero-order valence-corrected chi connectivity index (χ0v) is 11.8. The van der Waals surface area contributed by atoms with E-state index in [4.69, 9.17) is 10.4 Å². The predicted octanol–water partition coefficient (Wildman–Crippen LogP) is 1.68. The minimum absolute atomic E-state index is 0.0304. The normalized spacial score (nSPS) is 11.7. The van der Waals surface area contributed by atoms with E-state index in [1.54, 1.807) is 11.8 Å². The summed E-state index contributed by atoms with van der Waals surface area (Å²) in [6.45, 7) is 7.08. The summed E-state index contributed by atoms with van der Waals surface area (Å²) in [5.41, 5.74) is 0. The predicted molar refractivity (Wildman–Crippen MR) is 71.5 cm³/mol. The summed E-state index contributed by atoms with van der Waals surface area (Å²) >= 11 is 0. The number of hydrogen-bond acceptors (Lipinski definition) is 3. The van der Waals surface area contributed by atoms with Crippen molar-refractivity contribution in [3.8, 4) is 6.07 Å². The van der Waals surface area contributed by atoms with E-state index in [2.05, 4.69) is 5.32 Å². The highest BCUT2D eigenvalue weighted by Crippen LogP contribution is 2.03. The molecule has 0 spiro atoms. The monoisotopic (exact) mass is 269 g/mol. The van der Waals surface area contributed by atoms with Crippen molar-refractivity contribution in [3.05, 3.63) is 0 Å². The Hall–Kier alpha value is -1.77. The molecular formula is C13H23N3O3. The van der Waals surface area contributed by atoms with Gasteiger partial charge in [0.25, 0.3) is 0 Å². The van der Waals surface area contributed by atoms with Crippen LogP contribution in [0.25, 0.3) is 0 Å². The van der Waals surface area contributed by atoms with Crippen molar-refractivity contribution < 1.29 is 14.7 Å². The van der Waals surface area contributed by atoms with Gasteiger partial charge in [-0.15, -0.1) is 0 Å². The number of carboxylic acid groups (broad SMARTS) is 1. The molecule has 2 amide bonds. The fraction of sp³-hybridized carbons (Fsp3) is 0.769. The van der Waals surface area contributed by atoms with Crippen LogP contribution in [0.5, 0.6) is 0 Å². The van der Waals surface area contributed by atoms with Crippen LogP contribution < -0.4 is 5.32 Å². The maximum atomic E-state index is 11.9. The third-order valence-electron chi connectivity index (χ3n) is 2.49. The van der Waals surface area contributed by atoms with Crippen LogP contribution in [0.4, 0.5) is 4.79 Å². The topological polar surface area (TPSA) is 93.4 Å². The number of hydrogen-bond donors (Lipinski definition) is 2. The Kier molecular flexibility index (Phi) is 8.34. The van der Waals surface area contributed by atoms with E-state index in [0.29, 0.717) is 32.0 Å². The van der Waals surface area contributed by atoms with Crippen molar-refractivity contribution in [1.29, 1.82) is 5.26 Å². The van der Waals surface area contributed by atoms with E-state index in [1.165, 1.54) is 0 Å². The third kappa shape index (κ3) is 8.89. The molecule has 0 bridgehead atoms. The molecule has 1 atom stereocenters. The summed E-state index contributed by atoms with van der Waals surface area (Å²) in [7, 11) is 0. The molecule has 0 saturated carbocycles. The highest BCUT2D eigenvalue weighted by Gasteiger charge is 2.16. The van der Waals surface area contributed by atoms with Gasteiger partial charge < -0.3 is 15.3 Å². The first-order valence-corrected chi connectivity index (χ1v) is 6.48. The number of carbonyl (C=O) groups is 2. The van der Waals surface area contributed by atoms with Crippen LogP contribution in [0.1, 0.15) is 33.6 Å². The number of nitrogens with zero attached hydrogens (tertiary/aromatic N) is 2. The fourth-order valence-electron chi connectivity index (χ4n) is 1.65. The Morgan fingerprint density at radius 2 is 2.00 bits per heavy atom. The Morgan fingerprint density at radius 1 is 1.37 bits per heavy atom. The second-order valence-electron chi connectivity index (χ2n) is 5.14. The number of urea groups is 1. The van der Waals surface area contributed by atoms with Gasteiger partial charge in [0, 0.05) is 26.1 Å². The van der Waals surface area contributed by atoms with Gasteiger partial charge in [0.1, 0.15) is 0 Å². The average molecular weight is 269 g/mol. The van der Waals surface area contributed by atoms with Gasteiger partial charge in [-0.1, -0.05) is 20.8 Å². The van der Waals surface area contributed by atoms with Gasteiger partial charge in [-0.25, -0.2) is 4.79 Å². The van der Waals surface area contributed by atoms with Gasteiger partial charge in [0.05, 0.1) is 12.5 Å². The molecule has 0 aliphatic carbocycles. The maximum Gasteiger partial charge on any atom is 0.317 e. The molecule has 0 aromatic carbocycles. The van der Waals surface area contributed by atoms with E-state index in [0.717, 1.165) is 0 Å². The molecule has 6 heteroatoms. The van der Waals surface area contributed by atoms with Crippen LogP contribution in [0.2, 0.25) is 0 Å².